The van der Waals surface area contributed by atoms with Crippen LogP contribution in [0.4, 0.5) is 0 Å². The van der Waals surface area contributed by atoms with E-state index in [-0.39, 0.29) is 0 Å². The molecule has 17 heavy (non-hydrogen) atoms. The van der Waals surface area contributed by atoms with E-state index in [0.29, 0.717) is 6.71 Å². The molecule has 2 rings (SSSR count). The van der Waals surface area contributed by atoms with Crippen molar-refractivity contribution in [2.45, 2.75) is 27.5 Å². The van der Waals surface area contributed by atoms with Crippen molar-refractivity contribution >= 4 is 29.0 Å². The molecule has 0 bridgehead atoms. The van der Waals surface area contributed by atoms with Crippen molar-refractivity contribution in [1.29, 1.82) is 0 Å². The van der Waals surface area contributed by atoms with Gasteiger partial charge in [0, 0.05) is 0 Å². The molecule has 2 aromatic rings. The second kappa shape index (κ2) is 6.29. The van der Waals surface area contributed by atoms with Gasteiger partial charge in [0.15, 0.2) is 6.71 Å². The molecule has 0 aliphatic carbocycles. The third kappa shape index (κ3) is 3.00. The van der Waals surface area contributed by atoms with Gasteiger partial charge in [0.05, 0.1) is 0 Å². The fraction of sp³-hybridized carbons (Fsp3) is 0.250. The summed E-state index contributed by atoms with van der Waals surface area (Å²) in [5, 5.41) is 2.60. The van der Waals surface area contributed by atoms with Gasteiger partial charge in [0.1, 0.15) is 0 Å². The van der Waals surface area contributed by atoms with Gasteiger partial charge in [-0.25, -0.2) is 0 Å². The van der Waals surface area contributed by atoms with E-state index >= 15 is 0 Å². The quantitative estimate of drug-likeness (QED) is 0.660. The lowest BCUT2D eigenvalue weighted by Crippen LogP contribution is -2.25. The average Bonchev–Trinajstić information content (AvgIpc) is 2.39. The molecule has 1 heteroatoms. The maximum atomic E-state index is 3.88. The lowest BCUT2D eigenvalue weighted by Gasteiger charge is -2.09. The second-order valence-corrected chi connectivity index (χ2v) is 4.19. The van der Waals surface area contributed by atoms with Crippen LogP contribution in [-0.2, 0) is 0 Å². The Balaban J connectivity index is 0.000000686. The van der Waals surface area contributed by atoms with Crippen LogP contribution in [0.15, 0.2) is 43.0 Å². The maximum Gasteiger partial charge on any atom is 0.170 e. The Labute approximate surface area is 105 Å². The molecule has 0 atom stereocenters. The Morgan fingerprint density at radius 3 is 2.00 bits per heavy atom. The second-order valence-electron chi connectivity index (χ2n) is 4.19. The summed E-state index contributed by atoms with van der Waals surface area (Å²) < 4.78 is 0. The van der Waals surface area contributed by atoms with Crippen molar-refractivity contribution in [3.8, 4) is 0 Å². The molecule has 0 saturated heterocycles. The van der Waals surface area contributed by atoms with Gasteiger partial charge >= 0.3 is 0 Å². The number of hydrogen-bond donors (Lipinski definition) is 0. The Morgan fingerprint density at radius 1 is 1.00 bits per heavy atom. The summed E-state index contributed by atoms with van der Waals surface area (Å²) in [7, 11) is 0. The summed E-state index contributed by atoms with van der Waals surface area (Å²) in [4.78, 5) is 0. The van der Waals surface area contributed by atoms with Crippen LogP contribution in [0.2, 0.25) is 13.6 Å². The predicted molar refractivity (Wildman–Crippen MR) is 82.5 cm³/mol. The number of rotatable bonds is 2. The first kappa shape index (κ1) is 13.6. The molecule has 0 saturated carbocycles. The molecular formula is C16H21B. The molecule has 0 unspecified atom stereocenters. The summed E-state index contributed by atoms with van der Waals surface area (Å²) in [5.41, 5.74) is 2.63. The largest absolute Gasteiger partial charge is 0.170 e. The van der Waals surface area contributed by atoms with E-state index in [4.69, 9.17) is 0 Å². The van der Waals surface area contributed by atoms with Crippen molar-refractivity contribution < 1.29 is 0 Å². The predicted octanol–water partition coefficient (Wildman–Crippen LogP) is 4.47. The highest BCUT2D eigenvalue weighted by Crippen LogP contribution is 2.15. The van der Waals surface area contributed by atoms with Crippen LogP contribution in [0.1, 0.15) is 19.4 Å². The van der Waals surface area contributed by atoms with Crippen molar-refractivity contribution in [3.63, 3.8) is 0 Å². The number of benzene rings is 2. The van der Waals surface area contributed by atoms with Crippen molar-refractivity contribution in [2.24, 2.45) is 0 Å². The van der Waals surface area contributed by atoms with E-state index in [9.17, 15) is 0 Å². The molecular weight excluding hydrogens is 203 g/mol. The topological polar surface area (TPSA) is 0 Å². The van der Waals surface area contributed by atoms with Crippen LogP contribution in [0.5, 0.6) is 0 Å². The third-order valence-corrected chi connectivity index (χ3v) is 2.79. The first-order valence-corrected chi connectivity index (χ1v) is 6.37. The summed E-state index contributed by atoms with van der Waals surface area (Å²) in [5.74, 6) is 0. The average molecular weight is 224 g/mol. The van der Waals surface area contributed by atoms with Crippen LogP contribution in [-0.4, -0.2) is 6.71 Å². The van der Waals surface area contributed by atoms with Crippen LogP contribution in [0.3, 0.4) is 0 Å². The summed E-state index contributed by atoms with van der Waals surface area (Å²) in [6, 6.07) is 13.0. The SMILES string of the molecule is C=Cc1cc2ccccc2cc1B(C)C.CC. The molecule has 88 valence electrons. The molecule has 2 aromatic carbocycles. The van der Waals surface area contributed by atoms with Gasteiger partial charge in [-0.1, -0.05) is 75.9 Å². The molecule has 0 fully saturated rings. The highest BCUT2D eigenvalue weighted by molar-refractivity contribution is 6.71. The standard InChI is InChI=1S/C14H15B.C2H6/c1-4-11-9-12-7-5-6-8-13(12)10-14(11)15(2)3;1-2/h4-10H,1H2,2-3H3;1-2H3. The maximum absolute atomic E-state index is 3.88. The van der Waals surface area contributed by atoms with Gasteiger partial charge in [-0.2, -0.15) is 0 Å². The van der Waals surface area contributed by atoms with Crippen LogP contribution in [0, 0.1) is 0 Å². The Morgan fingerprint density at radius 2 is 1.53 bits per heavy atom. The van der Waals surface area contributed by atoms with Gasteiger partial charge in [-0.15, -0.1) is 0 Å². The molecule has 0 N–H and O–H groups in total. The molecule has 0 aliphatic heterocycles. The van der Waals surface area contributed by atoms with Gasteiger partial charge in [-0.3, -0.25) is 0 Å². The lowest BCUT2D eigenvalue weighted by molar-refractivity contribution is 1.50. The van der Waals surface area contributed by atoms with Crippen LogP contribution in [0.25, 0.3) is 16.8 Å². The smallest absolute Gasteiger partial charge is 0.0985 e. The van der Waals surface area contributed by atoms with E-state index in [1.807, 2.05) is 19.9 Å². The zero-order chi connectivity index (χ0) is 12.8. The van der Waals surface area contributed by atoms with Gasteiger partial charge in [-0.05, 0) is 22.4 Å². The number of fused-ring (bicyclic) bond motifs is 1. The fourth-order valence-corrected chi connectivity index (χ4v) is 1.95. The van der Waals surface area contributed by atoms with E-state index in [1.54, 1.807) is 0 Å². The first-order valence-electron chi connectivity index (χ1n) is 6.37. The first-order chi connectivity index (χ1) is 8.22. The Bertz CT molecular complexity index is 498. The fourth-order valence-electron chi connectivity index (χ4n) is 1.95. The molecule has 0 nitrogen and oxygen atoms in total. The van der Waals surface area contributed by atoms with Gasteiger partial charge in [0.2, 0.25) is 0 Å². The molecule has 0 spiro atoms. The van der Waals surface area contributed by atoms with Crippen molar-refractivity contribution in [3.05, 3.63) is 48.5 Å². The minimum atomic E-state index is 0.544. The van der Waals surface area contributed by atoms with Crippen molar-refractivity contribution in [1.82, 2.24) is 0 Å². The highest BCUT2D eigenvalue weighted by atomic mass is 14.0. The Kier molecular flexibility index (Phi) is 5.02. The van der Waals surface area contributed by atoms with Gasteiger partial charge < -0.3 is 0 Å². The molecule has 0 amide bonds. The lowest BCUT2D eigenvalue weighted by atomic mass is 9.48. The third-order valence-electron chi connectivity index (χ3n) is 2.79. The molecule has 0 radical (unpaired) electrons. The van der Waals surface area contributed by atoms with Crippen molar-refractivity contribution in [2.75, 3.05) is 0 Å². The summed E-state index contributed by atoms with van der Waals surface area (Å²) in [6.45, 7) is 12.9. The van der Waals surface area contributed by atoms with Gasteiger partial charge in [0.25, 0.3) is 0 Å². The highest BCUT2D eigenvalue weighted by Gasteiger charge is 2.08. The summed E-state index contributed by atoms with van der Waals surface area (Å²) >= 11 is 0. The van der Waals surface area contributed by atoms with E-state index < -0.39 is 0 Å². The van der Waals surface area contributed by atoms with E-state index in [1.165, 1.54) is 21.8 Å². The van der Waals surface area contributed by atoms with Crippen LogP contribution >= 0.6 is 0 Å². The number of hydrogen-bond acceptors (Lipinski definition) is 0. The van der Waals surface area contributed by atoms with E-state index in [0.717, 1.165) is 0 Å². The monoisotopic (exact) mass is 224 g/mol. The summed E-state index contributed by atoms with van der Waals surface area (Å²) in [6.07, 6.45) is 1.95. The van der Waals surface area contributed by atoms with Crippen LogP contribution < -0.4 is 5.46 Å². The minimum absolute atomic E-state index is 0.544. The molecule has 0 heterocycles. The minimum Gasteiger partial charge on any atom is -0.0985 e. The zero-order valence-corrected chi connectivity index (χ0v) is 11.3. The zero-order valence-electron chi connectivity index (χ0n) is 11.3. The molecule has 0 aromatic heterocycles. The van der Waals surface area contributed by atoms with E-state index in [2.05, 4.69) is 56.6 Å². The Hall–Kier alpha value is -1.50. The normalized spacial score (nSPS) is 9.41. The molecule has 0 aliphatic rings.